The summed E-state index contributed by atoms with van der Waals surface area (Å²) in [5.41, 5.74) is 7.01. The molecule has 2 nitrogen and oxygen atoms in total. The first-order chi connectivity index (χ1) is 9.93. The van der Waals surface area contributed by atoms with Crippen LogP contribution in [0.1, 0.15) is 33.9 Å². The van der Waals surface area contributed by atoms with E-state index in [1.54, 1.807) is 0 Å². The van der Waals surface area contributed by atoms with Crippen molar-refractivity contribution in [2.24, 2.45) is 5.84 Å². The third-order valence-electron chi connectivity index (χ3n) is 3.76. The second-order valence-electron chi connectivity index (χ2n) is 5.44. The first-order valence-corrected chi connectivity index (χ1v) is 6.90. The second kappa shape index (κ2) is 6.33. The first-order valence-electron chi connectivity index (χ1n) is 6.90. The highest BCUT2D eigenvalue weighted by atomic mass is 19.1. The number of nitrogens with two attached hydrogens (primary N) is 1. The van der Waals surface area contributed by atoms with Crippen LogP contribution in [0.15, 0.2) is 30.3 Å². The van der Waals surface area contributed by atoms with Crippen molar-refractivity contribution in [3.63, 3.8) is 0 Å². The Bertz CT molecular complexity index is 610. The molecule has 0 radical (unpaired) electrons. The van der Waals surface area contributed by atoms with E-state index in [1.165, 1.54) is 18.2 Å². The largest absolute Gasteiger partial charge is 0.271 e. The van der Waals surface area contributed by atoms with Crippen molar-refractivity contribution >= 4 is 0 Å². The molecule has 0 heterocycles. The fraction of sp³-hybridized carbons (Fsp3) is 0.294. The van der Waals surface area contributed by atoms with Gasteiger partial charge in [-0.25, -0.2) is 8.78 Å². The highest BCUT2D eigenvalue weighted by Crippen LogP contribution is 2.27. The Hall–Kier alpha value is -1.78. The van der Waals surface area contributed by atoms with E-state index < -0.39 is 11.6 Å². The van der Waals surface area contributed by atoms with E-state index in [0.717, 1.165) is 22.3 Å². The Balaban J connectivity index is 2.42. The van der Waals surface area contributed by atoms with Crippen LogP contribution in [0.4, 0.5) is 8.78 Å². The number of hydrazine groups is 1. The van der Waals surface area contributed by atoms with E-state index >= 15 is 0 Å². The van der Waals surface area contributed by atoms with Crippen LogP contribution in [-0.4, -0.2) is 0 Å². The summed E-state index contributed by atoms with van der Waals surface area (Å²) < 4.78 is 27.6. The third-order valence-corrected chi connectivity index (χ3v) is 3.76. The zero-order chi connectivity index (χ0) is 15.6. The van der Waals surface area contributed by atoms with Gasteiger partial charge in [-0.3, -0.25) is 11.3 Å². The molecule has 3 N–H and O–H groups in total. The molecule has 2 aromatic carbocycles. The van der Waals surface area contributed by atoms with Gasteiger partial charge in [-0.15, -0.1) is 0 Å². The van der Waals surface area contributed by atoms with Gasteiger partial charge in [0.05, 0.1) is 6.04 Å². The van der Waals surface area contributed by atoms with Crippen LogP contribution >= 0.6 is 0 Å². The molecular weight excluding hydrogens is 270 g/mol. The molecule has 112 valence electrons. The second-order valence-corrected chi connectivity index (χ2v) is 5.44. The number of halogens is 2. The van der Waals surface area contributed by atoms with Crippen LogP contribution in [0.3, 0.4) is 0 Å². The van der Waals surface area contributed by atoms with E-state index in [9.17, 15) is 8.78 Å². The Morgan fingerprint density at radius 3 is 2.05 bits per heavy atom. The van der Waals surface area contributed by atoms with Crippen LogP contribution in [0.2, 0.25) is 0 Å². The standard InChI is InChI=1S/C17H20F2N2/c1-10-7-11(2)17(12(3)8-10)16(21-20)9-13-14(18)5-4-6-15(13)19/h4-8,16,21H,9,20H2,1-3H3. The number of aryl methyl sites for hydroxylation is 3. The summed E-state index contributed by atoms with van der Waals surface area (Å²) in [7, 11) is 0. The molecule has 0 fully saturated rings. The average Bonchev–Trinajstić information content (AvgIpc) is 2.39. The number of hydrogen-bond acceptors (Lipinski definition) is 2. The van der Waals surface area contributed by atoms with E-state index in [-0.39, 0.29) is 18.0 Å². The first kappa shape index (κ1) is 15.6. The number of rotatable bonds is 4. The minimum Gasteiger partial charge on any atom is -0.271 e. The van der Waals surface area contributed by atoms with Crippen molar-refractivity contribution in [3.05, 3.63) is 69.8 Å². The van der Waals surface area contributed by atoms with Gasteiger partial charge >= 0.3 is 0 Å². The van der Waals surface area contributed by atoms with Crippen molar-refractivity contribution in [2.45, 2.75) is 33.2 Å². The van der Waals surface area contributed by atoms with Crippen molar-refractivity contribution in [1.29, 1.82) is 0 Å². The van der Waals surface area contributed by atoms with E-state index in [4.69, 9.17) is 5.84 Å². The summed E-state index contributed by atoms with van der Waals surface area (Å²) in [5.74, 6) is 4.55. The van der Waals surface area contributed by atoms with Crippen LogP contribution < -0.4 is 11.3 Å². The topological polar surface area (TPSA) is 38.0 Å². The van der Waals surface area contributed by atoms with Gasteiger partial charge in [0.2, 0.25) is 0 Å². The van der Waals surface area contributed by atoms with Gasteiger partial charge in [-0.05, 0) is 56.0 Å². The fourth-order valence-corrected chi connectivity index (χ4v) is 2.92. The molecule has 0 aliphatic carbocycles. The van der Waals surface area contributed by atoms with Gasteiger partial charge in [-0.2, -0.15) is 0 Å². The highest BCUT2D eigenvalue weighted by Gasteiger charge is 2.19. The maximum Gasteiger partial charge on any atom is 0.129 e. The van der Waals surface area contributed by atoms with Crippen LogP contribution in [0.5, 0.6) is 0 Å². The Morgan fingerprint density at radius 2 is 1.57 bits per heavy atom. The molecule has 2 aromatic rings. The average molecular weight is 290 g/mol. The Morgan fingerprint density at radius 1 is 1.05 bits per heavy atom. The maximum absolute atomic E-state index is 13.8. The van der Waals surface area contributed by atoms with Crippen LogP contribution in [0, 0.1) is 32.4 Å². The predicted octanol–water partition coefficient (Wildman–Crippen LogP) is 3.64. The molecule has 0 aliphatic rings. The fourth-order valence-electron chi connectivity index (χ4n) is 2.92. The van der Waals surface area contributed by atoms with Crippen LogP contribution in [-0.2, 0) is 6.42 Å². The number of nitrogens with one attached hydrogen (secondary N) is 1. The lowest BCUT2D eigenvalue weighted by Crippen LogP contribution is -2.31. The SMILES string of the molecule is Cc1cc(C)c(C(Cc2c(F)cccc2F)NN)c(C)c1. The summed E-state index contributed by atoms with van der Waals surface area (Å²) in [6.45, 7) is 5.99. The molecule has 0 aromatic heterocycles. The highest BCUT2D eigenvalue weighted by molar-refractivity contribution is 5.40. The monoisotopic (exact) mass is 290 g/mol. The zero-order valence-electron chi connectivity index (χ0n) is 12.5. The van der Waals surface area contributed by atoms with Crippen molar-refractivity contribution in [2.75, 3.05) is 0 Å². The van der Waals surface area contributed by atoms with Crippen molar-refractivity contribution < 1.29 is 8.78 Å². The summed E-state index contributed by atoms with van der Waals surface area (Å²) in [6, 6.07) is 7.65. The molecule has 0 bridgehead atoms. The number of benzene rings is 2. The summed E-state index contributed by atoms with van der Waals surface area (Å²) in [4.78, 5) is 0. The van der Waals surface area contributed by atoms with Gasteiger partial charge in [0.15, 0.2) is 0 Å². The summed E-state index contributed by atoms with van der Waals surface area (Å²) in [6.07, 6.45) is 0.166. The van der Waals surface area contributed by atoms with E-state index in [2.05, 4.69) is 5.43 Å². The van der Waals surface area contributed by atoms with Gasteiger partial charge in [0, 0.05) is 5.56 Å². The molecule has 21 heavy (non-hydrogen) atoms. The summed E-state index contributed by atoms with van der Waals surface area (Å²) >= 11 is 0. The van der Waals surface area contributed by atoms with Gasteiger partial charge in [-0.1, -0.05) is 23.8 Å². The Labute approximate surface area is 124 Å². The number of hydrogen-bond donors (Lipinski definition) is 2. The lowest BCUT2D eigenvalue weighted by atomic mass is 9.90. The quantitative estimate of drug-likeness (QED) is 0.666. The van der Waals surface area contributed by atoms with Crippen molar-refractivity contribution in [3.8, 4) is 0 Å². The van der Waals surface area contributed by atoms with Gasteiger partial charge in [0.1, 0.15) is 11.6 Å². The summed E-state index contributed by atoms with van der Waals surface area (Å²) in [5, 5.41) is 0. The molecule has 4 heteroatoms. The minimum absolute atomic E-state index is 0.0554. The van der Waals surface area contributed by atoms with E-state index in [0.29, 0.717) is 0 Å². The molecule has 0 amide bonds. The molecule has 0 saturated heterocycles. The molecule has 2 rings (SSSR count). The third kappa shape index (κ3) is 3.28. The van der Waals surface area contributed by atoms with Crippen molar-refractivity contribution in [1.82, 2.24) is 5.43 Å². The molecule has 1 unspecified atom stereocenters. The maximum atomic E-state index is 13.8. The Kier molecular flexibility index (Phi) is 4.70. The lowest BCUT2D eigenvalue weighted by molar-refractivity contribution is 0.497. The van der Waals surface area contributed by atoms with Gasteiger partial charge < -0.3 is 0 Å². The normalized spacial score (nSPS) is 12.5. The molecule has 0 spiro atoms. The molecular formula is C17H20F2N2. The molecule has 0 aliphatic heterocycles. The van der Waals surface area contributed by atoms with E-state index in [1.807, 2.05) is 32.9 Å². The van der Waals surface area contributed by atoms with Crippen LogP contribution in [0.25, 0.3) is 0 Å². The molecule has 0 saturated carbocycles. The van der Waals surface area contributed by atoms with Gasteiger partial charge in [0.25, 0.3) is 0 Å². The minimum atomic E-state index is -0.544. The smallest absolute Gasteiger partial charge is 0.129 e. The zero-order valence-corrected chi connectivity index (χ0v) is 12.5. The predicted molar refractivity (Wildman–Crippen MR) is 80.8 cm³/mol. The lowest BCUT2D eigenvalue weighted by Gasteiger charge is -2.22. The molecule has 1 atom stereocenters.